The van der Waals surface area contributed by atoms with Crippen molar-refractivity contribution in [1.82, 2.24) is 20.8 Å². The first-order chi connectivity index (χ1) is 13.4. The van der Waals surface area contributed by atoms with Crippen molar-refractivity contribution in [3.63, 3.8) is 0 Å². The van der Waals surface area contributed by atoms with E-state index >= 15 is 0 Å². The summed E-state index contributed by atoms with van der Waals surface area (Å²) in [7, 11) is 0. The highest BCUT2D eigenvalue weighted by molar-refractivity contribution is 7.20. The Morgan fingerprint density at radius 1 is 1.32 bits per heavy atom. The molecule has 0 atom stereocenters. The molecule has 2 amide bonds. The number of benzene rings is 1. The second kappa shape index (κ2) is 8.46. The van der Waals surface area contributed by atoms with Crippen LogP contribution in [0.4, 0.5) is 15.9 Å². The lowest BCUT2D eigenvalue weighted by atomic mass is 10.2. The van der Waals surface area contributed by atoms with Gasteiger partial charge in [-0.1, -0.05) is 11.6 Å². The number of aryl methyl sites for hydroxylation is 1. The van der Waals surface area contributed by atoms with Gasteiger partial charge in [0.1, 0.15) is 22.8 Å². The van der Waals surface area contributed by atoms with E-state index in [0.29, 0.717) is 32.2 Å². The zero-order valence-corrected chi connectivity index (χ0v) is 16.1. The van der Waals surface area contributed by atoms with Crippen LogP contribution in [0.5, 0.6) is 0 Å². The molecule has 0 unspecified atom stereocenters. The van der Waals surface area contributed by atoms with Crippen molar-refractivity contribution >= 4 is 56.5 Å². The Hall–Kier alpha value is -2.82. The van der Waals surface area contributed by atoms with E-state index in [0.717, 1.165) is 0 Å². The summed E-state index contributed by atoms with van der Waals surface area (Å²) in [6.45, 7) is 1.84. The molecule has 0 aliphatic rings. The topological polar surface area (TPSA) is 116 Å². The van der Waals surface area contributed by atoms with E-state index in [1.165, 1.54) is 41.3 Å². The van der Waals surface area contributed by atoms with Crippen LogP contribution >= 0.6 is 22.9 Å². The van der Waals surface area contributed by atoms with Crippen LogP contribution in [0.3, 0.4) is 0 Å². The lowest BCUT2D eigenvalue weighted by Gasteiger charge is -2.08. The summed E-state index contributed by atoms with van der Waals surface area (Å²) in [6, 6.07) is 4.20. The molecule has 0 saturated heterocycles. The number of aromatic nitrogens is 2. The molecule has 0 spiro atoms. The molecular weight excluding hydrogens is 409 g/mol. The Bertz CT molecular complexity index is 1060. The van der Waals surface area contributed by atoms with Crippen molar-refractivity contribution in [2.75, 3.05) is 11.9 Å². The summed E-state index contributed by atoms with van der Waals surface area (Å²) >= 11 is 7.00. The van der Waals surface area contributed by atoms with Crippen LogP contribution in [0.25, 0.3) is 10.2 Å². The highest BCUT2D eigenvalue weighted by atomic mass is 35.5. The van der Waals surface area contributed by atoms with Crippen molar-refractivity contribution in [3.05, 3.63) is 45.8 Å². The number of carbonyl (C=O) groups excluding carboxylic acids is 2. The number of rotatable bonds is 6. The molecule has 11 heteroatoms. The second-order valence-corrected chi connectivity index (χ2v) is 7.16. The van der Waals surface area contributed by atoms with Crippen LogP contribution in [-0.2, 0) is 4.79 Å². The van der Waals surface area contributed by atoms with Gasteiger partial charge in [0.25, 0.3) is 5.91 Å². The van der Waals surface area contributed by atoms with Gasteiger partial charge in [0.05, 0.1) is 15.3 Å². The predicted molar refractivity (Wildman–Crippen MR) is 104 cm³/mol. The Balaban J connectivity index is 1.87. The van der Waals surface area contributed by atoms with Crippen molar-refractivity contribution in [3.8, 4) is 0 Å². The highest BCUT2D eigenvalue weighted by Gasteiger charge is 2.19. The molecule has 1 aromatic carbocycles. The van der Waals surface area contributed by atoms with Gasteiger partial charge in [-0.25, -0.2) is 19.8 Å². The highest BCUT2D eigenvalue weighted by Crippen LogP contribution is 2.34. The molecule has 0 bridgehead atoms. The third-order valence-electron chi connectivity index (χ3n) is 3.88. The number of hydrogen-bond donors (Lipinski definition) is 4. The Morgan fingerprint density at radius 3 is 2.82 bits per heavy atom. The molecule has 8 nitrogen and oxygen atoms in total. The van der Waals surface area contributed by atoms with Gasteiger partial charge < -0.3 is 10.6 Å². The smallest absolute Gasteiger partial charge is 0.261 e. The zero-order valence-electron chi connectivity index (χ0n) is 14.5. The fourth-order valence-corrected chi connectivity index (χ4v) is 3.76. The number of carbonyl (C=O) groups is 2. The molecule has 0 aliphatic carbocycles. The van der Waals surface area contributed by atoms with Gasteiger partial charge in [-0.05, 0) is 30.7 Å². The second-order valence-electron chi connectivity index (χ2n) is 5.75. The summed E-state index contributed by atoms with van der Waals surface area (Å²) in [4.78, 5) is 32.9. The molecule has 0 fully saturated rings. The third kappa shape index (κ3) is 4.19. The fourth-order valence-electron chi connectivity index (χ4n) is 2.52. The molecule has 3 rings (SSSR count). The first-order valence-corrected chi connectivity index (χ1v) is 9.27. The Kier molecular flexibility index (Phi) is 6.02. The quantitative estimate of drug-likeness (QED) is 0.357. The van der Waals surface area contributed by atoms with Crippen LogP contribution in [-0.4, -0.2) is 33.5 Å². The summed E-state index contributed by atoms with van der Waals surface area (Å²) in [5, 5.41) is 14.8. The maximum Gasteiger partial charge on any atom is 0.261 e. The van der Waals surface area contributed by atoms with E-state index in [1.54, 1.807) is 6.92 Å². The van der Waals surface area contributed by atoms with E-state index in [1.807, 2.05) is 0 Å². The molecule has 0 aliphatic heterocycles. The lowest BCUT2D eigenvalue weighted by Crippen LogP contribution is -2.29. The number of anilines is 2. The van der Waals surface area contributed by atoms with Crippen LogP contribution in [0, 0.1) is 12.7 Å². The molecule has 146 valence electrons. The van der Waals surface area contributed by atoms with Crippen molar-refractivity contribution in [1.29, 1.82) is 0 Å². The first kappa shape index (κ1) is 19.9. The minimum Gasteiger partial charge on any atom is -0.351 e. The van der Waals surface area contributed by atoms with E-state index in [2.05, 4.69) is 20.6 Å². The number of hydrogen-bond acceptors (Lipinski definition) is 7. The van der Waals surface area contributed by atoms with Gasteiger partial charge in [-0.3, -0.25) is 14.8 Å². The maximum atomic E-state index is 13.4. The SMILES string of the molecule is Cc1c(C(=O)NCCC(=O)NO)sc2ncnc(Nc3ccc(F)c(Cl)c3)c12. The van der Waals surface area contributed by atoms with Crippen molar-refractivity contribution in [2.45, 2.75) is 13.3 Å². The number of hydroxylamine groups is 1. The lowest BCUT2D eigenvalue weighted by molar-refractivity contribution is -0.129. The van der Waals surface area contributed by atoms with Gasteiger partial charge >= 0.3 is 0 Å². The zero-order chi connectivity index (χ0) is 20.3. The van der Waals surface area contributed by atoms with Crippen LogP contribution in [0.1, 0.15) is 21.7 Å². The van der Waals surface area contributed by atoms with Crippen molar-refractivity contribution < 1.29 is 19.2 Å². The van der Waals surface area contributed by atoms with Crippen LogP contribution in [0.2, 0.25) is 5.02 Å². The summed E-state index contributed by atoms with van der Waals surface area (Å²) in [6.07, 6.45) is 1.31. The van der Waals surface area contributed by atoms with Crippen LogP contribution in [0.15, 0.2) is 24.5 Å². The standard InChI is InChI=1S/C17H15ClFN5O3S/c1-8-13-15(23-9-2-3-11(19)10(18)6-9)21-7-22-17(13)28-14(8)16(26)20-5-4-12(25)24-27/h2-3,6-7,27H,4-5H2,1H3,(H,20,26)(H,24,25)(H,21,22,23). The van der Waals surface area contributed by atoms with Gasteiger partial charge in [-0.2, -0.15) is 0 Å². The van der Waals surface area contributed by atoms with Gasteiger partial charge in [0.2, 0.25) is 5.91 Å². The van der Waals surface area contributed by atoms with E-state index in [9.17, 15) is 14.0 Å². The average molecular weight is 424 g/mol. The van der Waals surface area contributed by atoms with Gasteiger partial charge in [0, 0.05) is 18.7 Å². The molecule has 0 saturated carbocycles. The molecular formula is C17H15ClFN5O3S. The number of nitrogens with zero attached hydrogens (tertiary/aromatic N) is 2. The molecule has 0 radical (unpaired) electrons. The average Bonchev–Trinajstić information content (AvgIpc) is 3.02. The normalized spacial score (nSPS) is 10.7. The number of thiophene rings is 1. The molecule has 3 aromatic rings. The summed E-state index contributed by atoms with van der Waals surface area (Å²) in [5.41, 5.74) is 2.71. The monoisotopic (exact) mass is 423 g/mol. The number of amides is 2. The minimum absolute atomic E-state index is 0.0238. The van der Waals surface area contributed by atoms with Gasteiger partial charge in [-0.15, -0.1) is 11.3 Å². The largest absolute Gasteiger partial charge is 0.351 e. The summed E-state index contributed by atoms with van der Waals surface area (Å²) < 4.78 is 13.4. The van der Waals surface area contributed by atoms with E-state index in [4.69, 9.17) is 16.8 Å². The predicted octanol–water partition coefficient (Wildman–Crippen LogP) is 3.16. The van der Waals surface area contributed by atoms with Crippen molar-refractivity contribution in [2.24, 2.45) is 0 Å². The van der Waals surface area contributed by atoms with E-state index < -0.39 is 11.7 Å². The third-order valence-corrected chi connectivity index (χ3v) is 5.37. The Labute approximate surface area is 167 Å². The molecule has 4 N–H and O–H groups in total. The van der Waals surface area contributed by atoms with E-state index in [-0.39, 0.29) is 23.9 Å². The molecule has 28 heavy (non-hydrogen) atoms. The Morgan fingerprint density at radius 2 is 2.11 bits per heavy atom. The number of nitrogens with one attached hydrogen (secondary N) is 3. The van der Waals surface area contributed by atoms with Gasteiger partial charge in [0.15, 0.2) is 0 Å². The minimum atomic E-state index is -0.594. The molecule has 2 aromatic heterocycles. The maximum absolute atomic E-state index is 13.4. The fraction of sp³-hybridized carbons (Fsp3) is 0.176. The molecule has 2 heterocycles. The van der Waals surface area contributed by atoms with Crippen LogP contribution < -0.4 is 16.1 Å². The number of halogens is 2. The summed E-state index contributed by atoms with van der Waals surface area (Å²) in [5.74, 6) is -1.02. The first-order valence-electron chi connectivity index (χ1n) is 8.08. The number of fused-ring (bicyclic) bond motifs is 1.